The van der Waals surface area contributed by atoms with Crippen LogP contribution in [-0.2, 0) is 15.9 Å². The number of halogens is 1. The summed E-state index contributed by atoms with van der Waals surface area (Å²) in [6.45, 7) is -0.386. The molecule has 2 amide bonds. The smallest absolute Gasteiger partial charge is 0.365 e. The van der Waals surface area contributed by atoms with E-state index in [1.165, 1.54) is 29.9 Å². The predicted molar refractivity (Wildman–Crippen MR) is 159 cm³/mol. The Morgan fingerprint density at radius 1 is 1.27 bits per heavy atom. The number of hydrogen-bond donors (Lipinski definition) is 3. The first-order chi connectivity index (χ1) is 19.2. The van der Waals surface area contributed by atoms with E-state index in [0.29, 0.717) is 21.1 Å². The lowest BCUT2D eigenvalue weighted by atomic mass is 10.1. The van der Waals surface area contributed by atoms with Crippen LogP contribution < -0.4 is 15.6 Å². The zero-order valence-corrected chi connectivity index (χ0v) is 25.1. The van der Waals surface area contributed by atoms with Gasteiger partial charge < -0.3 is 25.4 Å². The van der Waals surface area contributed by atoms with Gasteiger partial charge in [0.1, 0.15) is 12.7 Å². The SMILES string of the molecule is NC(=O)c1nn(CC(=O)N2C[C@H](F)C[C@H]2C(=S)NC2CCC(c3cc4sccc4s3)C2)c2cc(O[PH](=O)O)sc12. The predicted octanol–water partition coefficient (Wildman–Crippen LogP) is 4.43. The van der Waals surface area contributed by atoms with Crippen LogP contribution in [0.1, 0.15) is 47.0 Å². The molecule has 212 valence electrons. The maximum atomic E-state index is 14.6. The molecule has 0 bridgehead atoms. The molecule has 0 radical (unpaired) electrons. The Labute approximate surface area is 245 Å². The normalized spacial score (nSPS) is 23.7. The molecule has 5 atom stereocenters. The lowest BCUT2D eigenvalue weighted by Gasteiger charge is -2.27. The number of nitrogens with two attached hydrogens (primary N) is 1. The van der Waals surface area contributed by atoms with Crippen molar-refractivity contribution in [3.05, 3.63) is 34.2 Å². The van der Waals surface area contributed by atoms with E-state index in [1.807, 2.05) is 11.3 Å². The number of rotatable bonds is 8. The highest BCUT2D eigenvalue weighted by Crippen LogP contribution is 2.42. The number of primary amides is 1. The molecule has 40 heavy (non-hydrogen) atoms. The van der Waals surface area contributed by atoms with E-state index in [4.69, 9.17) is 27.4 Å². The van der Waals surface area contributed by atoms with Crippen LogP contribution >= 0.6 is 54.5 Å². The van der Waals surface area contributed by atoms with E-state index < -0.39 is 32.3 Å². The minimum Gasteiger partial charge on any atom is -0.416 e. The highest BCUT2D eigenvalue weighted by molar-refractivity contribution is 7.80. The molecular formula is C24H25FN5O5PS4. The van der Waals surface area contributed by atoms with Gasteiger partial charge in [0, 0.05) is 32.8 Å². The second-order valence-corrected chi connectivity index (χ2v) is 14.2. The third-order valence-corrected chi connectivity index (χ3v) is 11.5. The van der Waals surface area contributed by atoms with Gasteiger partial charge in [0.15, 0.2) is 10.8 Å². The first-order valence-electron chi connectivity index (χ1n) is 12.6. The Balaban J connectivity index is 1.14. The van der Waals surface area contributed by atoms with Crippen molar-refractivity contribution in [1.82, 2.24) is 20.0 Å². The van der Waals surface area contributed by atoms with Crippen molar-refractivity contribution in [2.75, 3.05) is 6.54 Å². The number of nitrogens with one attached hydrogen (secondary N) is 1. The Morgan fingerprint density at radius 3 is 2.85 bits per heavy atom. The van der Waals surface area contributed by atoms with Crippen LogP contribution in [0.3, 0.4) is 0 Å². The number of carbonyl (C=O) groups is 2. The summed E-state index contributed by atoms with van der Waals surface area (Å²) in [5.41, 5.74) is 5.72. The first-order valence-corrected chi connectivity index (χ1v) is 16.8. The van der Waals surface area contributed by atoms with Gasteiger partial charge in [-0.25, -0.2) is 8.96 Å². The maximum Gasteiger partial charge on any atom is 0.365 e. The molecule has 2 aliphatic rings. The molecule has 5 heterocycles. The highest BCUT2D eigenvalue weighted by atomic mass is 32.1. The van der Waals surface area contributed by atoms with Gasteiger partial charge in [0.05, 0.1) is 27.8 Å². The molecule has 1 aliphatic carbocycles. The van der Waals surface area contributed by atoms with Crippen LogP contribution in [0.15, 0.2) is 23.6 Å². The second kappa shape index (κ2) is 11.1. The van der Waals surface area contributed by atoms with Crippen LogP contribution in [0.5, 0.6) is 5.06 Å². The summed E-state index contributed by atoms with van der Waals surface area (Å²) in [7, 11) is -3.27. The topological polar surface area (TPSA) is 140 Å². The van der Waals surface area contributed by atoms with Crippen LogP contribution in [0.4, 0.5) is 4.39 Å². The van der Waals surface area contributed by atoms with Crippen molar-refractivity contribution in [3.63, 3.8) is 0 Å². The summed E-state index contributed by atoms with van der Waals surface area (Å²) in [6, 6.07) is 5.42. The fourth-order valence-electron chi connectivity index (χ4n) is 5.54. The molecule has 1 aliphatic heterocycles. The summed E-state index contributed by atoms with van der Waals surface area (Å²) in [6.07, 6.45) is 1.81. The minimum absolute atomic E-state index is 0.0832. The van der Waals surface area contributed by atoms with Crippen LogP contribution in [-0.4, -0.2) is 61.2 Å². The zero-order valence-electron chi connectivity index (χ0n) is 20.9. The quantitative estimate of drug-likeness (QED) is 0.190. The second-order valence-electron chi connectivity index (χ2n) is 9.93. The zero-order chi connectivity index (χ0) is 28.1. The molecule has 4 aromatic rings. The van der Waals surface area contributed by atoms with E-state index >= 15 is 0 Å². The third-order valence-electron chi connectivity index (χ3n) is 7.32. The van der Waals surface area contributed by atoms with E-state index in [1.54, 1.807) is 11.3 Å². The molecule has 2 fully saturated rings. The molecule has 1 saturated heterocycles. The van der Waals surface area contributed by atoms with Crippen molar-refractivity contribution in [3.8, 4) is 5.06 Å². The van der Waals surface area contributed by atoms with E-state index in [9.17, 15) is 18.5 Å². The highest BCUT2D eigenvalue weighted by Gasteiger charge is 2.39. The fourth-order valence-corrected chi connectivity index (χ4v) is 9.69. The molecule has 3 unspecified atom stereocenters. The Bertz CT molecular complexity index is 1620. The Morgan fingerprint density at radius 2 is 2.10 bits per heavy atom. The summed E-state index contributed by atoms with van der Waals surface area (Å²) < 4.78 is 34.9. The first kappa shape index (κ1) is 27.7. The fraction of sp³-hybridized carbons (Fsp3) is 0.417. The molecule has 4 aromatic heterocycles. The van der Waals surface area contributed by atoms with Crippen LogP contribution in [0, 0.1) is 0 Å². The number of amides is 2. The number of alkyl halides is 1. The Hall–Kier alpha value is -2.42. The molecule has 0 spiro atoms. The molecule has 16 heteroatoms. The van der Waals surface area contributed by atoms with Crippen molar-refractivity contribution in [2.45, 2.75) is 56.4 Å². The van der Waals surface area contributed by atoms with Gasteiger partial charge in [-0.15, -0.1) is 22.7 Å². The van der Waals surface area contributed by atoms with Crippen molar-refractivity contribution in [1.29, 1.82) is 0 Å². The van der Waals surface area contributed by atoms with Gasteiger partial charge >= 0.3 is 8.25 Å². The number of thiocarbonyl (C=S) groups is 1. The number of thiophene rings is 3. The average Bonchev–Trinajstić information content (AvgIpc) is 3.69. The summed E-state index contributed by atoms with van der Waals surface area (Å²) in [4.78, 5) is 37.7. The number of aromatic nitrogens is 2. The maximum absolute atomic E-state index is 14.6. The van der Waals surface area contributed by atoms with Gasteiger partial charge in [-0.1, -0.05) is 23.6 Å². The lowest BCUT2D eigenvalue weighted by molar-refractivity contribution is -0.131. The van der Waals surface area contributed by atoms with E-state index in [-0.39, 0.29) is 36.3 Å². The van der Waals surface area contributed by atoms with Gasteiger partial charge in [-0.3, -0.25) is 14.3 Å². The van der Waals surface area contributed by atoms with Gasteiger partial charge in [-0.05, 0) is 42.7 Å². The van der Waals surface area contributed by atoms with Gasteiger partial charge in [0.2, 0.25) is 5.91 Å². The number of nitrogens with zero attached hydrogens (tertiary/aromatic N) is 3. The van der Waals surface area contributed by atoms with Crippen LogP contribution in [0.2, 0.25) is 0 Å². The van der Waals surface area contributed by atoms with Crippen molar-refractivity contribution in [2.24, 2.45) is 5.73 Å². The molecule has 1 saturated carbocycles. The largest absolute Gasteiger partial charge is 0.416 e. The molecule has 0 aromatic carbocycles. The van der Waals surface area contributed by atoms with Crippen LogP contribution in [0.25, 0.3) is 19.6 Å². The number of likely N-dealkylation sites (tertiary alicyclic amines) is 1. The minimum atomic E-state index is -3.27. The van der Waals surface area contributed by atoms with E-state index in [2.05, 4.69) is 27.9 Å². The van der Waals surface area contributed by atoms with Gasteiger partial charge in [-0.2, -0.15) is 5.10 Å². The van der Waals surface area contributed by atoms with Crippen molar-refractivity contribution < 1.29 is 28.0 Å². The monoisotopic (exact) mass is 641 g/mol. The molecule has 4 N–H and O–H groups in total. The molecule has 6 rings (SSSR count). The number of fused-ring (bicyclic) bond motifs is 2. The summed E-state index contributed by atoms with van der Waals surface area (Å²) >= 11 is 10.2. The van der Waals surface area contributed by atoms with Gasteiger partial charge in [0.25, 0.3) is 5.91 Å². The third kappa shape index (κ3) is 5.42. The molecule has 10 nitrogen and oxygen atoms in total. The van der Waals surface area contributed by atoms with Crippen molar-refractivity contribution >= 4 is 90.9 Å². The summed E-state index contributed by atoms with van der Waals surface area (Å²) in [5.74, 6) is -0.778. The number of hydrogen-bond acceptors (Lipinski definition) is 9. The lowest BCUT2D eigenvalue weighted by Crippen LogP contribution is -2.48. The standard InChI is InChI=1S/C24H25FN5O5PS4/c25-12-6-15(24(37)27-13-2-1-11(5-13)17-8-18-16(39-17)3-4-38-18)29(9-12)19(31)10-30-14-7-20(35-36(33)34)40-22(14)21(28-30)23(26)32/h3-4,7-8,11-13,15,36H,1-2,5-6,9-10H2,(H2,26,32)(H,27,37)(H,33,34)/t11?,12-,13?,15+/m1/s1. The van der Waals surface area contributed by atoms with E-state index in [0.717, 1.165) is 30.6 Å². The Kier molecular flexibility index (Phi) is 7.70. The summed E-state index contributed by atoms with van der Waals surface area (Å²) in [5, 5.41) is 9.79. The molecular weight excluding hydrogens is 617 g/mol. The average molecular weight is 642 g/mol. The number of carbonyl (C=O) groups excluding carboxylic acids is 2.